The van der Waals surface area contributed by atoms with Crippen molar-refractivity contribution in [1.29, 1.82) is 0 Å². The number of aliphatic carboxylic acids is 1. The van der Waals surface area contributed by atoms with Crippen LogP contribution in [0.5, 0.6) is 0 Å². The topological polar surface area (TPSA) is 66.8 Å². The molecular weight excluding hydrogens is 220 g/mol. The molecule has 3 unspecified atom stereocenters. The minimum Gasteiger partial charge on any atom is -0.481 e. The first-order chi connectivity index (χ1) is 7.90. The van der Waals surface area contributed by atoms with E-state index >= 15 is 0 Å². The zero-order chi connectivity index (χ0) is 12.7. The fourth-order valence-corrected chi connectivity index (χ4v) is 3.81. The summed E-state index contributed by atoms with van der Waals surface area (Å²) in [5.74, 6) is -0.164. The standard InChI is InChI=1S/C13H22O4/c1-9-5-10(2)7-12(6-9,11(14)15)13(16)3-4-17-8-13/h9-10,16H,3-8H2,1-2H3,(H,14,15). The van der Waals surface area contributed by atoms with Crippen molar-refractivity contribution < 1.29 is 19.7 Å². The minimum atomic E-state index is -1.18. The molecule has 1 aliphatic heterocycles. The number of aliphatic hydroxyl groups is 1. The van der Waals surface area contributed by atoms with Crippen LogP contribution < -0.4 is 0 Å². The maximum atomic E-state index is 11.7. The Hall–Kier alpha value is -0.610. The molecule has 0 spiro atoms. The van der Waals surface area contributed by atoms with E-state index in [0.717, 1.165) is 6.42 Å². The van der Waals surface area contributed by atoms with Gasteiger partial charge in [0.05, 0.1) is 12.0 Å². The Bertz CT molecular complexity index is 297. The monoisotopic (exact) mass is 242 g/mol. The van der Waals surface area contributed by atoms with Crippen molar-refractivity contribution in [1.82, 2.24) is 0 Å². The van der Waals surface area contributed by atoms with E-state index in [0.29, 0.717) is 37.7 Å². The summed E-state index contributed by atoms with van der Waals surface area (Å²) in [5.41, 5.74) is -2.19. The van der Waals surface area contributed by atoms with Crippen molar-refractivity contribution >= 4 is 5.97 Å². The molecule has 0 aromatic carbocycles. The lowest BCUT2D eigenvalue weighted by molar-refractivity contribution is -0.180. The maximum Gasteiger partial charge on any atom is 0.312 e. The van der Waals surface area contributed by atoms with E-state index in [-0.39, 0.29) is 6.61 Å². The number of carbonyl (C=O) groups is 1. The second kappa shape index (κ2) is 4.25. The smallest absolute Gasteiger partial charge is 0.312 e. The van der Waals surface area contributed by atoms with E-state index in [1.165, 1.54) is 0 Å². The average Bonchev–Trinajstić information content (AvgIpc) is 2.64. The largest absolute Gasteiger partial charge is 0.481 e. The minimum absolute atomic E-state index is 0.165. The molecule has 2 rings (SSSR count). The molecule has 2 fully saturated rings. The first kappa shape index (κ1) is 12.8. The van der Waals surface area contributed by atoms with Gasteiger partial charge in [-0.3, -0.25) is 4.79 Å². The molecule has 0 aromatic heterocycles. The van der Waals surface area contributed by atoms with Gasteiger partial charge >= 0.3 is 5.97 Å². The lowest BCUT2D eigenvalue weighted by Crippen LogP contribution is -2.57. The zero-order valence-electron chi connectivity index (χ0n) is 10.6. The van der Waals surface area contributed by atoms with Gasteiger partial charge in [0.2, 0.25) is 0 Å². The molecule has 1 heterocycles. The van der Waals surface area contributed by atoms with Crippen LogP contribution in [-0.2, 0) is 9.53 Å². The van der Waals surface area contributed by atoms with E-state index in [2.05, 4.69) is 13.8 Å². The van der Waals surface area contributed by atoms with Crippen LogP contribution in [-0.4, -0.2) is 35.0 Å². The van der Waals surface area contributed by atoms with Gasteiger partial charge in [0, 0.05) is 13.0 Å². The Kier molecular flexibility index (Phi) is 3.21. The lowest BCUT2D eigenvalue weighted by atomic mass is 9.58. The number of ether oxygens (including phenoxy) is 1. The summed E-state index contributed by atoms with van der Waals surface area (Å²) in [6, 6.07) is 0. The van der Waals surface area contributed by atoms with E-state index < -0.39 is 17.0 Å². The molecule has 98 valence electrons. The van der Waals surface area contributed by atoms with Crippen LogP contribution in [0, 0.1) is 17.3 Å². The Balaban J connectivity index is 2.34. The van der Waals surface area contributed by atoms with Crippen LogP contribution in [0.15, 0.2) is 0 Å². The van der Waals surface area contributed by atoms with E-state index in [1.807, 2.05) is 0 Å². The molecule has 1 saturated heterocycles. The van der Waals surface area contributed by atoms with Crippen LogP contribution in [0.3, 0.4) is 0 Å². The number of rotatable bonds is 2. The first-order valence-corrected chi connectivity index (χ1v) is 6.43. The zero-order valence-corrected chi connectivity index (χ0v) is 10.6. The van der Waals surface area contributed by atoms with Gasteiger partial charge < -0.3 is 14.9 Å². The van der Waals surface area contributed by atoms with Gasteiger partial charge in [-0.25, -0.2) is 0 Å². The van der Waals surface area contributed by atoms with E-state index in [4.69, 9.17) is 4.74 Å². The van der Waals surface area contributed by atoms with Crippen LogP contribution in [0.25, 0.3) is 0 Å². The Morgan fingerprint density at radius 3 is 2.29 bits per heavy atom. The second-order valence-electron chi connectivity index (χ2n) is 6.08. The van der Waals surface area contributed by atoms with Crippen LogP contribution >= 0.6 is 0 Å². The fourth-order valence-electron chi connectivity index (χ4n) is 3.81. The van der Waals surface area contributed by atoms with Gasteiger partial charge in [0.15, 0.2) is 0 Å². The highest BCUT2D eigenvalue weighted by Gasteiger charge is 2.59. The summed E-state index contributed by atoms with van der Waals surface area (Å²) < 4.78 is 5.25. The maximum absolute atomic E-state index is 11.7. The van der Waals surface area contributed by atoms with Gasteiger partial charge in [0.1, 0.15) is 5.60 Å². The summed E-state index contributed by atoms with van der Waals surface area (Å²) in [6.45, 7) is 4.78. The van der Waals surface area contributed by atoms with Crippen molar-refractivity contribution in [2.24, 2.45) is 17.3 Å². The number of carboxylic acid groups (broad SMARTS) is 1. The molecule has 3 atom stereocenters. The van der Waals surface area contributed by atoms with Gasteiger partial charge in [-0.05, 0) is 31.1 Å². The van der Waals surface area contributed by atoms with Gasteiger partial charge in [0.25, 0.3) is 0 Å². The Morgan fingerprint density at radius 1 is 1.29 bits per heavy atom. The van der Waals surface area contributed by atoms with Crippen molar-refractivity contribution in [2.75, 3.05) is 13.2 Å². The van der Waals surface area contributed by atoms with Crippen molar-refractivity contribution in [3.8, 4) is 0 Å². The van der Waals surface area contributed by atoms with E-state index in [9.17, 15) is 15.0 Å². The molecule has 4 heteroatoms. The van der Waals surface area contributed by atoms with Crippen molar-refractivity contribution in [3.05, 3.63) is 0 Å². The third-order valence-corrected chi connectivity index (χ3v) is 4.50. The molecule has 1 aliphatic carbocycles. The van der Waals surface area contributed by atoms with Crippen LogP contribution in [0.1, 0.15) is 39.5 Å². The molecule has 4 nitrogen and oxygen atoms in total. The molecular formula is C13H22O4. The first-order valence-electron chi connectivity index (χ1n) is 6.43. The van der Waals surface area contributed by atoms with Crippen LogP contribution in [0.4, 0.5) is 0 Å². The van der Waals surface area contributed by atoms with Crippen molar-refractivity contribution in [3.63, 3.8) is 0 Å². The lowest BCUT2D eigenvalue weighted by Gasteiger charge is -2.47. The summed E-state index contributed by atoms with van der Waals surface area (Å²) in [6.07, 6.45) is 2.61. The number of hydrogen-bond acceptors (Lipinski definition) is 3. The second-order valence-corrected chi connectivity index (χ2v) is 6.08. The highest BCUT2D eigenvalue weighted by atomic mass is 16.5. The van der Waals surface area contributed by atoms with Crippen LogP contribution in [0.2, 0.25) is 0 Å². The average molecular weight is 242 g/mol. The summed E-state index contributed by atoms with van der Waals surface area (Å²) in [5, 5.41) is 20.3. The Labute approximate surface area is 102 Å². The summed E-state index contributed by atoms with van der Waals surface area (Å²) >= 11 is 0. The number of carboxylic acids is 1. The normalized spacial score (nSPS) is 47.0. The predicted octanol–water partition coefficient (Wildman–Crippen LogP) is 1.66. The molecule has 2 N–H and O–H groups in total. The molecule has 2 aliphatic rings. The summed E-state index contributed by atoms with van der Waals surface area (Å²) in [7, 11) is 0. The predicted molar refractivity (Wildman–Crippen MR) is 62.6 cm³/mol. The van der Waals surface area contributed by atoms with Gasteiger partial charge in [-0.15, -0.1) is 0 Å². The van der Waals surface area contributed by atoms with E-state index in [1.54, 1.807) is 0 Å². The number of hydrogen-bond donors (Lipinski definition) is 2. The van der Waals surface area contributed by atoms with Gasteiger partial charge in [-0.2, -0.15) is 0 Å². The fraction of sp³-hybridized carbons (Fsp3) is 0.923. The molecule has 1 saturated carbocycles. The quantitative estimate of drug-likeness (QED) is 0.773. The highest BCUT2D eigenvalue weighted by Crippen LogP contribution is 2.51. The molecule has 0 bridgehead atoms. The summed E-state index contributed by atoms with van der Waals surface area (Å²) in [4.78, 5) is 11.7. The Morgan fingerprint density at radius 2 is 1.88 bits per heavy atom. The van der Waals surface area contributed by atoms with Gasteiger partial charge in [-0.1, -0.05) is 13.8 Å². The SMILES string of the molecule is CC1CC(C)CC(C(=O)O)(C2(O)CCOC2)C1. The molecule has 0 radical (unpaired) electrons. The molecule has 0 amide bonds. The third kappa shape index (κ3) is 1.97. The highest BCUT2D eigenvalue weighted by molar-refractivity contribution is 5.76. The molecule has 17 heavy (non-hydrogen) atoms. The third-order valence-electron chi connectivity index (χ3n) is 4.50. The van der Waals surface area contributed by atoms with Crippen molar-refractivity contribution in [2.45, 2.75) is 45.1 Å². The molecule has 0 aromatic rings.